The van der Waals surface area contributed by atoms with Gasteiger partial charge in [0.1, 0.15) is 0 Å². The van der Waals surface area contributed by atoms with Gasteiger partial charge >= 0.3 is 0 Å². The Bertz CT molecular complexity index is 746. The quantitative estimate of drug-likeness (QED) is 0.732. The Morgan fingerprint density at radius 2 is 2.06 bits per heavy atom. The molecular formula is C11H8ClN5S. The summed E-state index contributed by atoms with van der Waals surface area (Å²) in [7, 11) is 0. The molecule has 0 saturated heterocycles. The van der Waals surface area contributed by atoms with Gasteiger partial charge in [-0.15, -0.1) is 5.10 Å². The Labute approximate surface area is 112 Å². The van der Waals surface area contributed by atoms with E-state index >= 15 is 0 Å². The number of aromatic amines is 1. The monoisotopic (exact) mass is 277 g/mol. The van der Waals surface area contributed by atoms with Crippen LogP contribution in [0.25, 0.3) is 11.2 Å². The normalized spacial score (nSPS) is 10.9. The Morgan fingerprint density at radius 3 is 2.83 bits per heavy atom. The Kier molecular flexibility index (Phi) is 2.81. The lowest BCUT2D eigenvalue weighted by molar-refractivity contribution is 0.664. The number of hydrogen-bond donors (Lipinski definition) is 1. The van der Waals surface area contributed by atoms with Crippen LogP contribution in [-0.4, -0.2) is 25.0 Å². The molecule has 0 atom stereocenters. The molecule has 7 heteroatoms. The maximum atomic E-state index is 5.85. The summed E-state index contributed by atoms with van der Waals surface area (Å²) in [5, 5.41) is 8.80. The molecule has 0 bridgehead atoms. The van der Waals surface area contributed by atoms with Gasteiger partial charge in [-0.05, 0) is 17.7 Å². The first-order chi connectivity index (χ1) is 8.74. The average Bonchev–Trinajstić information content (AvgIpc) is 2.77. The average molecular weight is 278 g/mol. The van der Waals surface area contributed by atoms with Crippen LogP contribution in [0, 0.1) is 4.64 Å². The first-order valence-electron chi connectivity index (χ1n) is 5.25. The Morgan fingerprint density at radius 1 is 1.28 bits per heavy atom. The maximum absolute atomic E-state index is 5.85. The fourth-order valence-corrected chi connectivity index (χ4v) is 2.00. The molecule has 0 aliphatic rings. The van der Waals surface area contributed by atoms with E-state index in [4.69, 9.17) is 23.8 Å². The third-order valence-corrected chi connectivity index (χ3v) is 3.12. The molecular weight excluding hydrogens is 270 g/mol. The molecule has 3 rings (SSSR count). The third-order valence-electron chi connectivity index (χ3n) is 2.57. The number of rotatable bonds is 2. The number of fused-ring (bicyclic) bond motifs is 1. The highest BCUT2D eigenvalue weighted by Gasteiger charge is 2.06. The van der Waals surface area contributed by atoms with E-state index in [1.165, 1.54) is 0 Å². The van der Waals surface area contributed by atoms with Crippen molar-refractivity contribution in [3.63, 3.8) is 0 Å². The van der Waals surface area contributed by atoms with Gasteiger partial charge in [-0.1, -0.05) is 41.2 Å². The van der Waals surface area contributed by atoms with Gasteiger partial charge < -0.3 is 4.98 Å². The Hall–Kier alpha value is -1.79. The second-order valence-electron chi connectivity index (χ2n) is 3.78. The van der Waals surface area contributed by atoms with E-state index in [1.54, 1.807) is 11.0 Å². The lowest BCUT2D eigenvalue weighted by Gasteiger charge is -2.02. The van der Waals surface area contributed by atoms with Crippen LogP contribution in [-0.2, 0) is 6.54 Å². The zero-order valence-corrected chi connectivity index (χ0v) is 10.7. The zero-order chi connectivity index (χ0) is 12.5. The number of nitrogens with one attached hydrogen (secondary N) is 1. The molecule has 0 aliphatic heterocycles. The molecule has 1 aromatic carbocycles. The zero-order valence-electron chi connectivity index (χ0n) is 9.17. The molecule has 0 radical (unpaired) electrons. The third kappa shape index (κ3) is 2.00. The highest BCUT2D eigenvalue weighted by atomic mass is 35.5. The van der Waals surface area contributed by atoms with Crippen LogP contribution < -0.4 is 0 Å². The fraction of sp³-hybridized carbons (Fsp3) is 0.0909. The summed E-state index contributed by atoms with van der Waals surface area (Å²) in [5.74, 6) is 0. The molecule has 0 aliphatic carbocycles. The van der Waals surface area contributed by atoms with Gasteiger partial charge in [0.05, 0.1) is 12.9 Å². The number of benzene rings is 1. The minimum absolute atomic E-state index is 0.450. The van der Waals surface area contributed by atoms with Gasteiger partial charge in [0, 0.05) is 5.02 Å². The van der Waals surface area contributed by atoms with Crippen molar-refractivity contribution in [2.75, 3.05) is 0 Å². The predicted molar refractivity (Wildman–Crippen MR) is 71.1 cm³/mol. The van der Waals surface area contributed by atoms with Crippen LogP contribution in [0.1, 0.15) is 5.56 Å². The number of H-pyrrole nitrogens is 1. The molecule has 2 aromatic heterocycles. The van der Waals surface area contributed by atoms with Crippen molar-refractivity contribution in [3.8, 4) is 0 Å². The van der Waals surface area contributed by atoms with E-state index in [9.17, 15) is 0 Å². The van der Waals surface area contributed by atoms with E-state index in [0.29, 0.717) is 21.7 Å². The van der Waals surface area contributed by atoms with Crippen LogP contribution in [0.2, 0.25) is 5.02 Å². The van der Waals surface area contributed by atoms with E-state index in [2.05, 4.69) is 20.3 Å². The molecule has 0 spiro atoms. The predicted octanol–water partition coefficient (Wildman–Crippen LogP) is 2.59. The van der Waals surface area contributed by atoms with Crippen molar-refractivity contribution in [1.82, 2.24) is 25.0 Å². The number of aromatic nitrogens is 5. The largest absolute Gasteiger partial charge is 0.329 e. The van der Waals surface area contributed by atoms with Gasteiger partial charge in [0.25, 0.3) is 0 Å². The molecule has 18 heavy (non-hydrogen) atoms. The number of hydrogen-bond acceptors (Lipinski definition) is 4. The van der Waals surface area contributed by atoms with Gasteiger partial charge in [-0.25, -0.2) is 9.67 Å². The van der Waals surface area contributed by atoms with Gasteiger partial charge in [0.2, 0.25) is 0 Å². The van der Waals surface area contributed by atoms with E-state index in [0.717, 1.165) is 11.2 Å². The second kappa shape index (κ2) is 4.47. The van der Waals surface area contributed by atoms with Crippen LogP contribution in [0.15, 0.2) is 30.6 Å². The van der Waals surface area contributed by atoms with E-state index in [1.807, 2.05) is 24.3 Å². The summed E-state index contributed by atoms with van der Waals surface area (Å²) in [6.07, 6.45) is 1.55. The Balaban J connectivity index is 2.03. The summed E-state index contributed by atoms with van der Waals surface area (Å²) in [6.45, 7) is 0.600. The van der Waals surface area contributed by atoms with Crippen molar-refractivity contribution in [2.24, 2.45) is 0 Å². The molecule has 1 N–H and O–H groups in total. The lowest BCUT2D eigenvalue weighted by Crippen LogP contribution is -2.02. The SMILES string of the molecule is S=c1nc[nH]c2c1nnn2Cc1ccc(Cl)cc1. The van der Waals surface area contributed by atoms with Crippen LogP contribution in [0.4, 0.5) is 0 Å². The maximum Gasteiger partial charge on any atom is 0.166 e. The molecule has 5 nitrogen and oxygen atoms in total. The minimum Gasteiger partial charge on any atom is -0.329 e. The topological polar surface area (TPSA) is 59.4 Å². The van der Waals surface area contributed by atoms with Crippen molar-refractivity contribution in [2.45, 2.75) is 6.54 Å². The summed E-state index contributed by atoms with van der Waals surface area (Å²) in [6, 6.07) is 7.59. The lowest BCUT2D eigenvalue weighted by atomic mass is 10.2. The highest BCUT2D eigenvalue weighted by Crippen LogP contribution is 2.13. The van der Waals surface area contributed by atoms with Crippen molar-refractivity contribution in [3.05, 3.63) is 45.8 Å². The van der Waals surface area contributed by atoms with Crippen molar-refractivity contribution in [1.29, 1.82) is 0 Å². The number of halogens is 1. The molecule has 0 saturated carbocycles. The first kappa shape index (κ1) is 11.3. The molecule has 90 valence electrons. The van der Waals surface area contributed by atoms with Crippen molar-refractivity contribution < 1.29 is 0 Å². The molecule has 0 unspecified atom stereocenters. The molecule has 2 heterocycles. The summed E-state index contributed by atoms with van der Waals surface area (Å²) in [4.78, 5) is 6.97. The number of nitrogens with zero attached hydrogens (tertiary/aromatic N) is 4. The molecule has 3 aromatic rings. The van der Waals surface area contributed by atoms with E-state index in [-0.39, 0.29) is 0 Å². The van der Waals surface area contributed by atoms with Gasteiger partial charge in [0.15, 0.2) is 15.8 Å². The fourth-order valence-electron chi connectivity index (χ4n) is 1.69. The summed E-state index contributed by atoms with van der Waals surface area (Å²) in [5.41, 5.74) is 2.47. The highest BCUT2D eigenvalue weighted by molar-refractivity contribution is 7.71. The first-order valence-corrected chi connectivity index (χ1v) is 6.04. The van der Waals surface area contributed by atoms with Crippen molar-refractivity contribution >= 4 is 35.0 Å². The van der Waals surface area contributed by atoms with Gasteiger partial charge in [-0.2, -0.15) is 0 Å². The van der Waals surface area contributed by atoms with Gasteiger partial charge in [-0.3, -0.25) is 0 Å². The molecule has 0 fully saturated rings. The van der Waals surface area contributed by atoms with Crippen LogP contribution in [0.5, 0.6) is 0 Å². The summed E-state index contributed by atoms with van der Waals surface area (Å²) < 4.78 is 2.20. The van der Waals surface area contributed by atoms with E-state index < -0.39 is 0 Å². The summed E-state index contributed by atoms with van der Waals surface area (Å²) >= 11 is 10.9. The smallest absolute Gasteiger partial charge is 0.166 e. The standard InChI is InChI=1S/C11H8ClN5S/c12-8-3-1-7(2-4-8)5-17-10-9(15-16-17)11(18)14-6-13-10/h1-4,6H,5H2,(H,13,14,18). The van der Waals surface area contributed by atoms with Crippen LogP contribution >= 0.6 is 23.8 Å². The second-order valence-corrected chi connectivity index (χ2v) is 4.60. The van der Waals surface area contributed by atoms with Crippen LogP contribution in [0.3, 0.4) is 0 Å². The molecule has 0 amide bonds. The minimum atomic E-state index is 0.450.